The first-order valence-corrected chi connectivity index (χ1v) is 6.46. The highest BCUT2D eigenvalue weighted by atomic mass is 16.3. The highest BCUT2D eigenvalue weighted by molar-refractivity contribution is 5.78. The Balaban J connectivity index is 1.93. The third-order valence-electron chi connectivity index (χ3n) is 3.49. The van der Waals surface area contributed by atoms with Gasteiger partial charge in [0, 0.05) is 25.5 Å². The molecule has 1 saturated heterocycles. The van der Waals surface area contributed by atoms with Crippen molar-refractivity contribution in [2.45, 2.75) is 38.2 Å². The van der Waals surface area contributed by atoms with E-state index in [1.807, 2.05) is 24.0 Å². The highest BCUT2D eigenvalue weighted by Gasteiger charge is 2.26. The van der Waals surface area contributed by atoms with Crippen molar-refractivity contribution in [2.75, 3.05) is 13.1 Å². The molecule has 1 aliphatic rings. The Labute approximate surface area is 108 Å². The highest BCUT2D eigenvalue weighted by Crippen LogP contribution is 2.21. The summed E-state index contributed by atoms with van der Waals surface area (Å²) in [6, 6.07) is 3.76. The molecule has 1 aromatic heterocycles. The van der Waals surface area contributed by atoms with E-state index in [0.29, 0.717) is 19.4 Å². The van der Waals surface area contributed by atoms with Crippen LogP contribution in [-0.2, 0) is 11.2 Å². The molecule has 1 amide bonds. The minimum absolute atomic E-state index is 0.126. The van der Waals surface area contributed by atoms with Gasteiger partial charge in [0.25, 0.3) is 0 Å². The van der Waals surface area contributed by atoms with Gasteiger partial charge >= 0.3 is 0 Å². The summed E-state index contributed by atoms with van der Waals surface area (Å²) >= 11 is 0. The Morgan fingerprint density at radius 1 is 1.50 bits per heavy atom. The van der Waals surface area contributed by atoms with Crippen molar-refractivity contribution in [3.63, 3.8) is 0 Å². The summed E-state index contributed by atoms with van der Waals surface area (Å²) in [6.07, 6.45) is 6.13. The van der Waals surface area contributed by atoms with Crippen molar-refractivity contribution in [1.82, 2.24) is 9.88 Å². The molecule has 4 nitrogen and oxygen atoms in total. The van der Waals surface area contributed by atoms with Crippen LogP contribution in [0.4, 0.5) is 0 Å². The first-order chi connectivity index (χ1) is 8.57. The van der Waals surface area contributed by atoms with Gasteiger partial charge in [0.05, 0.1) is 12.0 Å². The lowest BCUT2D eigenvalue weighted by atomic mass is 9.98. The van der Waals surface area contributed by atoms with Gasteiger partial charge in [-0.1, -0.05) is 6.07 Å². The van der Waals surface area contributed by atoms with E-state index >= 15 is 0 Å². The Morgan fingerprint density at radius 3 is 3.06 bits per heavy atom. The first-order valence-electron chi connectivity index (χ1n) is 6.46. The molecule has 2 rings (SSSR count). The van der Waals surface area contributed by atoms with E-state index in [0.717, 1.165) is 24.9 Å². The van der Waals surface area contributed by atoms with E-state index in [4.69, 9.17) is 0 Å². The maximum Gasteiger partial charge on any atom is 0.227 e. The number of aromatic nitrogens is 1. The van der Waals surface area contributed by atoms with Crippen molar-refractivity contribution in [3.05, 3.63) is 30.1 Å². The summed E-state index contributed by atoms with van der Waals surface area (Å²) in [5.41, 5.74) is 0.321. The fourth-order valence-electron chi connectivity index (χ4n) is 2.30. The fourth-order valence-corrected chi connectivity index (χ4v) is 2.30. The first kappa shape index (κ1) is 13.0. The van der Waals surface area contributed by atoms with Gasteiger partial charge in [0.15, 0.2) is 0 Å². The van der Waals surface area contributed by atoms with Gasteiger partial charge in [-0.2, -0.15) is 0 Å². The van der Waals surface area contributed by atoms with Gasteiger partial charge < -0.3 is 10.0 Å². The molecule has 2 heterocycles. The van der Waals surface area contributed by atoms with Gasteiger partial charge in [-0.15, -0.1) is 0 Å². The molecular formula is C14H20N2O2. The lowest BCUT2D eigenvalue weighted by molar-refractivity contribution is -0.130. The van der Waals surface area contributed by atoms with Gasteiger partial charge in [-0.25, -0.2) is 0 Å². The molecule has 0 radical (unpaired) electrons. The molecule has 0 aliphatic carbocycles. The average Bonchev–Trinajstić information content (AvgIpc) is 2.51. The molecule has 1 aliphatic heterocycles. The lowest BCUT2D eigenvalue weighted by Crippen LogP contribution is -2.34. The van der Waals surface area contributed by atoms with Crippen LogP contribution in [-0.4, -0.2) is 39.6 Å². The molecule has 98 valence electrons. The second kappa shape index (κ2) is 5.48. The summed E-state index contributed by atoms with van der Waals surface area (Å²) in [5.74, 6) is 0.126. The van der Waals surface area contributed by atoms with Gasteiger partial charge in [0.1, 0.15) is 0 Å². The third-order valence-corrected chi connectivity index (χ3v) is 3.49. The van der Waals surface area contributed by atoms with E-state index in [1.165, 1.54) is 0 Å². The molecule has 1 N–H and O–H groups in total. The van der Waals surface area contributed by atoms with Crippen molar-refractivity contribution >= 4 is 5.91 Å². The summed E-state index contributed by atoms with van der Waals surface area (Å²) < 4.78 is 0. The second-order valence-electron chi connectivity index (χ2n) is 5.27. The zero-order valence-corrected chi connectivity index (χ0v) is 10.8. The zero-order chi connectivity index (χ0) is 13.0. The van der Waals surface area contributed by atoms with Crippen molar-refractivity contribution in [2.24, 2.45) is 0 Å². The summed E-state index contributed by atoms with van der Waals surface area (Å²) in [7, 11) is 0. The van der Waals surface area contributed by atoms with Gasteiger partial charge in [0.2, 0.25) is 5.91 Å². The van der Waals surface area contributed by atoms with Crippen molar-refractivity contribution in [3.8, 4) is 0 Å². The van der Waals surface area contributed by atoms with Crippen LogP contribution >= 0.6 is 0 Å². The van der Waals surface area contributed by atoms with Crippen LogP contribution in [0.2, 0.25) is 0 Å². The maximum atomic E-state index is 12.1. The van der Waals surface area contributed by atoms with Crippen LogP contribution in [0.25, 0.3) is 0 Å². The number of likely N-dealkylation sites (tertiary alicyclic amines) is 1. The summed E-state index contributed by atoms with van der Waals surface area (Å²) in [4.78, 5) is 18.0. The largest absolute Gasteiger partial charge is 0.390 e. The Morgan fingerprint density at radius 2 is 2.33 bits per heavy atom. The van der Waals surface area contributed by atoms with E-state index in [2.05, 4.69) is 4.98 Å². The number of aliphatic hydroxyl groups is 1. The van der Waals surface area contributed by atoms with Gasteiger partial charge in [-0.3, -0.25) is 9.78 Å². The molecular weight excluding hydrogens is 228 g/mol. The van der Waals surface area contributed by atoms with E-state index < -0.39 is 5.60 Å². The molecule has 1 unspecified atom stereocenters. The predicted molar refractivity (Wildman–Crippen MR) is 69.0 cm³/mol. The molecule has 1 atom stereocenters. The van der Waals surface area contributed by atoms with Crippen LogP contribution in [0.15, 0.2) is 24.5 Å². The quantitative estimate of drug-likeness (QED) is 0.860. The van der Waals surface area contributed by atoms with Crippen LogP contribution in [0.1, 0.15) is 31.7 Å². The Hall–Kier alpha value is -1.42. The Kier molecular flexibility index (Phi) is 3.97. The molecule has 0 bridgehead atoms. The summed E-state index contributed by atoms with van der Waals surface area (Å²) in [6.45, 7) is 3.24. The number of carbonyl (C=O) groups excluding carboxylic acids is 1. The van der Waals surface area contributed by atoms with Crippen LogP contribution in [0.5, 0.6) is 0 Å². The molecule has 0 spiro atoms. The third kappa shape index (κ3) is 3.53. The smallest absolute Gasteiger partial charge is 0.227 e. The topological polar surface area (TPSA) is 53.4 Å². The molecule has 4 heteroatoms. The van der Waals surface area contributed by atoms with Crippen molar-refractivity contribution < 1.29 is 9.90 Å². The maximum absolute atomic E-state index is 12.1. The summed E-state index contributed by atoms with van der Waals surface area (Å²) in [5, 5.41) is 10.00. The average molecular weight is 248 g/mol. The Bertz CT molecular complexity index is 404. The van der Waals surface area contributed by atoms with E-state index in [9.17, 15) is 9.90 Å². The monoisotopic (exact) mass is 248 g/mol. The zero-order valence-electron chi connectivity index (χ0n) is 10.8. The minimum atomic E-state index is -0.622. The number of hydrogen-bond donors (Lipinski definition) is 1. The number of nitrogens with zero attached hydrogens (tertiary/aromatic N) is 2. The van der Waals surface area contributed by atoms with Gasteiger partial charge in [-0.05, 0) is 37.8 Å². The molecule has 0 aromatic carbocycles. The number of carbonyl (C=O) groups is 1. The number of pyridine rings is 1. The SMILES string of the molecule is CC1(O)CCCN(C(=O)Cc2cccnc2)CC1. The molecule has 1 aromatic rings. The number of hydrogen-bond acceptors (Lipinski definition) is 3. The number of rotatable bonds is 2. The fraction of sp³-hybridized carbons (Fsp3) is 0.571. The molecule has 1 fully saturated rings. The van der Waals surface area contributed by atoms with Crippen LogP contribution < -0.4 is 0 Å². The van der Waals surface area contributed by atoms with E-state index in [-0.39, 0.29) is 5.91 Å². The lowest BCUT2D eigenvalue weighted by Gasteiger charge is -2.22. The standard InChI is InChI=1S/C14H20N2O2/c1-14(18)5-3-8-16(9-6-14)13(17)10-12-4-2-7-15-11-12/h2,4,7,11,18H,3,5-6,8-10H2,1H3. The minimum Gasteiger partial charge on any atom is -0.390 e. The van der Waals surface area contributed by atoms with E-state index in [1.54, 1.807) is 12.4 Å². The normalized spacial score (nSPS) is 24.7. The van der Waals surface area contributed by atoms with Crippen LogP contribution in [0, 0.1) is 0 Å². The van der Waals surface area contributed by atoms with Crippen molar-refractivity contribution in [1.29, 1.82) is 0 Å². The number of amides is 1. The second-order valence-corrected chi connectivity index (χ2v) is 5.27. The predicted octanol–water partition coefficient (Wildman–Crippen LogP) is 1.39. The van der Waals surface area contributed by atoms with Crippen LogP contribution in [0.3, 0.4) is 0 Å². The molecule has 0 saturated carbocycles. The molecule has 18 heavy (non-hydrogen) atoms.